The van der Waals surface area contributed by atoms with Crippen molar-refractivity contribution in [2.75, 3.05) is 13.1 Å². The summed E-state index contributed by atoms with van der Waals surface area (Å²) in [5.41, 5.74) is 0.243. The minimum atomic E-state index is -0.320. The van der Waals surface area contributed by atoms with Crippen LogP contribution in [-0.2, 0) is 9.59 Å². The Morgan fingerprint density at radius 2 is 2.11 bits per heavy atom. The largest absolute Gasteiger partial charge is 0.342 e. The molecule has 1 heterocycles. The molecule has 1 N–H and O–H groups in total. The lowest BCUT2D eigenvalue weighted by Gasteiger charge is -2.44. The second-order valence-electron chi connectivity index (χ2n) is 6.29. The minimum Gasteiger partial charge on any atom is -0.342 e. The van der Waals surface area contributed by atoms with Crippen molar-refractivity contribution in [1.82, 2.24) is 10.2 Å². The molecule has 2 fully saturated rings. The molecular formula is C14H24N2O2. The minimum absolute atomic E-state index is 0.0113. The number of rotatable bonds is 4. The molecular weight excluding hydrogens is 228 g/mol. The lowest BCUT2D eigenvalue weighted by atomic mass is 9.70. The third kappa shape index (κ3) is 2.52. The van der Waals surface area contributed by atoms with Crippen molar-refractivity contribution in [3.8, 4) is 0 Å². The van der Waals surface area contributed by atoms with Crippen LogP contribution in [0.2, 0.25) is 0 Å². The van der Waals surface area contributed by atoms with Gasteiger partial charge in [0.05, 0.1) is 6.54 Å². The summed E-state index contributed by atoms with van der Waals surface area (Å²) in [6.45, 7) is 7.27. The van der Waals surface area contributed by atoms with E-state index in [9.17, 15) is 9.59 Å². The summed E-state index contributed by atoms with van der Waals surface area (Å²) in [6.07, 6.45) is 4.50. The lowest BCUT2D eigenvalue weighted by molar-refractivity contribution is -0.148. The van der Waals surface area contributed by atoms with Gasteiger partial charge in [0.1, 0.15) is 6.04 Å². The molecule has 0 aromatic heterocycles. The Morgan fingerprint density at radius 1 is 1.44 bits per heavy atom. The molecule has 2 unspecified atom stereocenters. The van der Waals surface area contributed by atoms with Gasteiger partial charge in [0.15, 0.2) is 0 Å². The number of carbonyl (C=O) groups excluding carboxylic acids is 2. The molecule has 0 radical (unpaired) electrons. The Hall–Kier alpha value is -1.06. The predicted molar refractivity (Wildman–Crippen MR) is 69.9 cm³/mol. The van der Waals surface area contributed by atoms with E-state index in [2.05, 4.69) is 19.2 Å². The quantitative estimate of drug-likeness (QED) is 0.825. The standard InChI is InChI=1S/C14H24N2O2/c1-4-10(2)12-13(18)16(8-11(17)15-12)9-14(3)6-5-7-14/h10,12H,4-9H2,1-3H3,(H,15,17). The van der Waals surface area contributed by atoms with Gasteiger partial charge in [0.25, 0.3) is 0 Å². The highest BCUT2D eigenvalue weighted by atomic mass is 16.2. The third-order valence-corrected chi connectivity index (χ3v) is 4.57. The second-order valence-corrected chi connectivity index (χ2v) is 6.29. The fraction of sp³-hybridized carbons (Fsp3) is 0.857. The van der Waals surface area contributed by atoms with Crippen LogP contribution in [0, 0.1) is 11.3 Å². The van der Waals surface area contributed by atoms with Crippen LogP contribution in [-0.4, -0.2) is 35.8 Å². The molecule has 102 valence electrons. The number of nitrogens with zero attached hydrogens (tertiary/aromatic N) is 1. The Balaban J connectivity index is 2.05. The van der Waals surface area contributed by atoms with Crippen LogP contribution in [0.5, 0.6) is 0 Å². The van der Waals surface area contributed by atoms with Gasteiger partial charge in [-0.25, -0.2) is 0 Å². The van der Waals surface area contributed by atoms with E-state index in [1.54, 1.807) is 4.90 Å². The number of amides is 2. The van der Waals surface area contributed by atoms with Gasteiger partial charge in [-0.05, 0) is 24.2 Å². The second kappa shape index (κ2) is 4.90. The van der Waals surface area contributed by atoms with Gasteiger partial charge in [-0.2, -0.15) is 0 Å². The monoisotopic (exact) mass is 252 g/mol. The molecule has 1 aliphatic heterocycles. The van der Waals surface area contributed by atoms with Crippen LogP contribution < -0.4 is 5.32 Å². The maximum atomic E-state index is 12.4. The van der Waals surface area contributed by atoms with E-state index in [0.29, 0.717) is 0 Å². The molecule has 1 saturated heterocycles. The molecule has 1 aliphatic carbocycles. The normalized spacial score (nSPS) is 28.6. The SMILES string of the molecule is CCC(C)C1NC(=O)CN(CC2(C)CCC2)C1=O. The first-order chi connectivity index (χ1) is 8.45. The van der Waals surface area contributed by atoms with Gasteiger partial charge >= 0.3 is 0 Å². The van der Waals surface area contributed by atoms with E-state index < -0.39 is 0 Å². The van der Waals surface area contributed by atoms with Crippen molar-refractivity contribution in [3.05, 3.63) is 0 Å². The molecule has 1 saturated carbocycles. The summed E-state index contributed by atoms with van der Waals surface area (Å²) < 4.78 is 0. The molecule has 18 heavy (non-hydrogen) atoms. The Kier molecular flexibility index (Phi) is 3.64. The number of nitrogens with one attached hydrogen (secondary N) is 1. The first kappa shape index (κ1) is 13.4. The third-order valence-electron chi connectivity index (χ3n) is 4.57. The zero-order chi connectivity index (χ0) is 13.3. The summed E-state index contributed by atoms with van der Waals surface area (Å²) in [6, 6.07) is -0.320. The van der Waals surface area contributed by atoms with Crippen LogP contribution in [0.4, 0.5) is 0 Å². The smallest absolute Gasteiger partial charge is 0.245 e. The first-order valence-corrected chi connectivity index (χ1v) is 7.03. The summed E-state index contributed by atoms with van der Waals surface area (Å²) in [5.74, 6) is 0.304. The predicted octanol–water partition coefficient (Wildman–Crippen LogP) is 1.55. The van der Waals surface area contributed by atoms with E-state index in [0.717, 1.165) is 13.0 Å². The number of hydrogen-bond donors (Lipinski definition) is 1. The van der Waals surface area contributed by atoms with Gasteiger partial charge in [-0.15, -0.1) is 0 Å². The fourth-order valence-electron chi connectivity index (χ4n) is 2.88. The Labute approximate surface area is 109 Å². The van der Waals surface area contributed by atoms with E-state index in [1.807, 2.05) is 6.92 Å². The summed E-state index contributed by atoms with van der Waals surface area (Å²) in [4.78, 5) is 25.9. The summed E-state index contributed by atoms with van der Waals surface area (Å²) in [5, 5.41) is 2.84. The highest BCUT2D eigenvalue weighted by Crippen LogP contribution is 2.41. The van der Waals surface area contributed by atoms with Crippen molar-refractivity contribution in [2.45, 2.75) is 52.5 Å². The Morgan fingerprint density at radius 3 is 2.61 bits per heavy atom. The van der Waals surface area contributed by atoms with Gasteiger partial charge < -0.3 is 10.2 Å². The van der Waals surface area contributed by atoms with Crippen LogP contribution in [0.15, 0.2) is 0 Å². The molecule has 2 atom stereocenters. The van der Waals surface area contributed by atoms with Crippen molar-refractivity contribution in [3.63, 3.8) is 0 Å². The number of hydrogen-bond acceptors (Lipinski definition) is 2. The zero-order valence-corrected chi connectivity index (χ0v) is 11.7. The van der Waals surface area contributed by atoms with Gasteiger partial charge in [-0.3, -0.25) is 9.59 Å². The molecule has 4 nitrogen and oxygen atoms in total. The first-order valence-electron chi connectivity index (χ1n) is 7.03. The molecule has 2 rings (SSSR count). The van der Waals surface area contributed by atoms with Crippen LogP contribution in [0.25, 0.3) is 0 Å². The van der Waals surface area contributed by atoms with Crippen LogP contribution >= 0.6 is 0 Å². The number of carbonyl (C=O) groups is 2. The highest BCUT2D eigenvalue weighted by molar-refractivity contribution is 5.95. The summed E-state index contributed by atoms with van der Waals surface area (Å²) >= 11 is 0. The molecule has 2 aliphatic rings. The van der Waals surface area contributed by atoms with Gasteiger partial charge in [0, 0.05) is 6.54 Å². The van der Waals surface area contributed by atoms with E-state index in [-0.39, 0.29) is 35.7 Å². The average Bonchev–Trinajstić information content (AvgIpc) is 2.30. The lowest BCUT2D eigenvalue weighted by Crippen LogP contribution is -2.61. The highest BCUT2D eigenvalue weighted by Gasteiger charge is 2.40. The fourth-order valence-corrected chi connectivity index (χ4v) is 2.88. The topological polar surface area (TPSA) is 49.4 Å². The van der Waals surface area contributed by atoms with Crippen molar-refractivity contribution in [1.29, 1.82) is 0 Å². The van der Waals surface area contributed by atoms with Crippen molar-refractivity contribution in [2.24, 2.45) is 11.3 Å². The number of piperazine rings is 1. The molecule has 4 heteroatoms. The van der Waals surface area contributed by atoms with E-state index in [4.69, 9.17) is 0 Å². The van der Waals surface area contributed by atoms with Crippen molar-refractivity contribution >= 4 is 11.8 Å². The van der Waals surface area contributed by atoms with Crippen molar-refractivity contribution < 1.29 is 9.59 Å². The zero-order valence-electron chi connectivity index (χ0n) is 11.7. The molecule has 0 spiro atoms. The molecule has 0 aromatic carbocycles. The van der Waals surface area contributed by atoms with Gasteiger partial charge in [0.2, 0.25) is 11.8 Å². The summed E-state index contributed by atoms with van der Waals surface area (Å²) in [7, 11) is 0. The molecule has 0 bridgehead atoms. The van der Waals surface area contributed by atoms with Crippen LogP contribution in [0.1, 0.15) is 46.5 Å². The van der Waals surface area contributed by atoms with E-state index in [1.165, 1.54) is 19.3 Å². The molecule has 2 amide bonds. The molecule has 0 aromatic rings. The van der Waals surface area contributed by atoms with E-state index >= 15 is 0 Å². The maximum absolute atomic E-state index is 12.4. The maximum Gasteiger partial charge on any atom is 0.245 e. The van der Waals surface area contributed by atoms with Crippen LogP contribution in [0.3, 0.4) is 0 Å². The average molecular weight is 252 g/mol. The Bertz CT molecular complexity index is 350. The van der Waals surface area contributed by atoms with Gasteiger partial charge in [-0.1, -0.05) is 33.6 Å².